The van der Waals surface area contributed by atoms with Crippen LogP contribution in [0.15, 0.2) is 71.3 Å². The van der Waals surface area contributed by atoms with Crippen molar-refractivity contribution in [1.82, 2.24) is 5.32 Å². The Morgan fingerprint density at radius 3 is 2.20 bits per heavy atom. The van der Waals surface area contributed by atoms with E-state index in [1.54, 1.807) is 66.9 Å². The molecule has 0 aliphatic heterocycles. The van der Waals surface area contributed by atoms with Gasteiger partial charge in [0.15, 0.2) is 0 Å². The first-order valence-corrected chi connectivity index (χ1v) is 7.98. The summed E-state index contributed by atoms with van der Waals surface area (Å²) in [5.41, 5.74) is 1.43. The van der Waals surface area contributed by atoms with Gasteiger partial charge < -0.3 is 15.1 Å². The Morgan fingerprint density at radius 2 is 1.56 bits per heavy atom. The number of carbonyl (C=O) groups is 2. The highest BCUT2D eigenvalue weighted by Crippen LogP contribution is 2.21. The molecule has 0 unspecified atom stereocenters. The van der Waals surface area contributed by atoms with Crippen molar-refractivity contribution in [1.29, 1.82) is 0 Å². The van der Waals surface area contributed by atoms with E-state index in [9.17, 15) is 9.59 Å². The largest absolute Gasteiger partial charge is 0.467 e. The number of benzene rings is 2. The van der Waals surface area contributed by atoms with Crippen molar-refractivity contribution < 1.29 is 14.0 Å². The van der Waals surface area contributed by atoms with Crippen LogP contribution in [0.4, 0.5) is 5.69 Å². The quantitative estimate of drug-likeness (QED) is 0.724. The van der Waals surface area contributed by atoms with Crippen molar-refractivity contribution in [3.8, 4) is 0 Å². The highest BCUT2D eigenvalue weighted by molar-refractivity contribution is 6.33. The Balaban J connectivity index is 1.62. The Kier molecular flexibility index (Phi) is 5.16. The Labute approximate surface area is 149 Å². The summed E-state index contributed by atoms with van der Waals surface area (Å²) in [5, 5.41) is 5.94. The minimum absolute atomic E-state index is 0.241. The maximum absolute atomic E-state index is 12.2. The van der Waals surface area contributed by atoms with E-state index in [1.165, 1.54) is 0 Å². The molecule has 0 atom stereocenters. The van der Waals surface area contributed by atoms with Crippen LogP contribution < -0.4 is 10.6 Å². The van der Waals surface area contributed by atoms with E-state index in [0.717, 1.165) is 0 Å². The summed E-state index contributed by atoms with van der Waals surface area (Å²) < 4.78 is 5.16. The molecule has 1 aromatic heterocycles. The maximum atomic E-state index is 12.2. The van der Waals surface area contributed by atoms with Gasteiger partial charge in [0.05, 0.1) is 23.5 Å². The van der Waals surface area contributed by atoms with Gasteiger partial charge in [-0.15, -0.1) is 0 Å². The van der Waals surface area contributed by atoms with E-state index >= 15 is 0 Å². The van der Waals surface area contributed by atoms with Gasteiger partial charge in [0, 0.05) is 11.1 Å². The van der Waals surface area contributed by atoms with Gasteiger partial charge in [-0.1, -0.05) is 23.7 Å². The van der Waals surface area contributed by atoms with Gasteiger partial charge in [-0.2, -0.15) is 0 Å². The predicted octanol–water partition coefficient (Wildman–Crippen LogP) is 4.12. The zero-order valence-corrected chi connectivity index (χ0v) is 13.9. The number of hydrogen-bond acceptors (Lipinski definition) is 3. The molecular formula is C19H15ClN2O3. The highest BCUT2D eigenvalue weighted by atomic mass is 35.5. The summed E-state index contributed by atoms with van der Waals surface area (Å²) in [6.07, 6.45) is 1.55. The monoisotopic (exact) mass is 354 g/mol. The molecule has 126 valence electrons. The molecule has 3 rings (SSSR count). The molecule has 2 N–H and O–H groups in total. The topological polar surface area (TPSA) is 71.3 Å². The number of hydrogen-bond donors (Lipinski definition) is 2. The molecule has 0 aliphatic rings. The molecule has 0 saturated heterocycles. The average molecular weight is 355 g/mol. The smallest absolute Gasteiger partial charge is 0.255 e. The van der Waals surface area contributed by atoms with Gasteiger partial charge in [-0.05, 0) is 48.5 Å². The second-order valence-corrected chi connectivity index (χ2v) is 5.68. The van der Waals surface area contributed by atoms with Gasteiger partial charge in [0.2, 0.25) is 0 Å². The molecule has 0 bridgehead atoms. The minimum atomic E-state index is -0.296. The zero-order chi connectivity index (χ0) is 17.6. The van der Waals surface area contributed by atoms with Gasteiger partial charge in [-0.25, -0.2) is 0 Å². The van der Waals surface area contributed by atoms with Crippen LogP contribution in [0, 0.1) is 0 Å². The molecule has 1 heterocycles. The number of nitrogens with one attached hydrogen (secondary N) is 2. The Morgan fingerprint density at radius 1 is 0.880 bits per heavy atom. The molecule has 5 nitrogen and oxygen atoms in total. The van der Waals surface area contributed by atoms with Crippen molar-refractivity contribution in [2.75, 3.05) is 5.32 Å². The number of amides is 2. The lowest BCUT2D eigenvalue weighted by atomic mass is 10.1. The summed E-state index contributed by atoms with van der Waals surface area (Å²) in [4.78, 5) is 24.3. The molecule has 0 saturated carbocycles. The Bertz CT molecular complexity index is 874. The van der Waals surface area contributed by atoms with Crippen LogP contribution in [0.25, 0.3) is 0 Å². The van der Waals surface area contributed by atoms with Gasteiger partial charge >= 0.3 is 0 Å². The van der Waals surface area contributed by atoms with E-state index in [4.69, 9.17) is 16.0 Å². The van der Waals surface area contributed by atoms with E-state index in [-0.39, 0.29) is 11.8 Å². The van der Waals surface area contributed by atoms with Crippen LogP contribution in [0.1, 0.15) is 26.5 Å². The van der Waals surface area contributed by atoms with Crippen molar-refractivity contribution in [3.63, 3.8) is 0 Å². The molecule has 0 fully saturated rings. The van der Waals surface area contributed by atoms with Crippen LogP contribution in [0.3, 0.4) is 0 Å². The first kappa shape index (κ1) is 16.8. The summed E-state index contributed by atoms with van der Waals surface area (Å²) in [5.74, 6) is 0.134. The zero-order valence-electron chi connectivity index (χ0n) is 13.2. The normalized spacial score (nSPS) is 10.3. The molecule has 6 heteroatoms. The van der Waals surface area contributed by atoms with E-state index in [0.29, 0.717) is 34.1 Å². The van der Waals surface area contributed by atoms with Crippen LogP contribution in [0.2, 0.25) is 5.02 Å². The van der Waals surface area contributed by atoms with E-state index < -0.39 is 0 Å². The third kappa shape index (κ3) is 4.28. The Hall–Kier alpha value is -3.05. The predicted molar refractivity (Wildman–Crippen MR) is 95.7 cm³/mol. The molecule has 2 amide bonds. The standard InChI is InChI=1S/C19H15ClN2O3/c20-16-5-1-2-6-17(16)22-19(24)14-9-7-13(8-10-14)18(23)21-12-15-4-3-11-25-15/h1-11H,12H2,(H,21,23)(H,22,24). The van der Waals surface area contributed by atoms with Crippen LogP contribution >= 0.6 is 11.6 Å². The second kappa shape index (κ2) is 7.68. The van der Waals surface area contributed by atoms with Crippen molar-refractivity contribution in [2.45, 2.75) is 6.54 Å². The summed E-state index contributed by atoms with van der Waals surface area (Å²) in [7, 11) is 0. The number of anilines is 1. The summed E-state index contributed by atoms with van der Waals surface area (Å²) in [6, 6.07) is 16.9. The van der Waals surface area contributed by atoms with Crippen molar-refractivity contribution in [3.05, 3.63) is 88.8 Å². The third-order valence-corrected chi connectivity index (χ3v) is 3.86. The summed E-state index contributed by atoms with van der Waals surface area (Å²) >= 11 is 6.02. The molecule has 0 aliphatic carbocycles. The first-order valence-electron chi connectivity index (χ1n) is 7.60. The van der Waals surface area contributed by atoms with Gasteiger partial charge in [-0.3, -0.25) is 9.59 Å². The lowest BCUT2D eigenvalue weighted by Gasteiger charge is -2.08. The third-order valence-electron chi connectivity index (χ3n) is 3.53. The fraction of sp³-hybridized carbons (Fsp3) is 0.0526. The van der Waals surface area contributed by atoms with E-state index in [2.05, 4.69) is 10.6 Å². The summed E-state index contributed by atoms with van der Waals surface area (Å²) in [6.45, 7) is 0.306. The number of furan rings is 1. The molecule has 2 aromatic carbocycles. The number of rotatable bonds is 5. The van der Waals surface area contributed by atoms with Crippen LogP contribution in [-0.2, 0) is 6.54 Å². The number of para-hydroxylation sites is 1. The molecule has 25 heavy (non-hydrogen) atoms. The van der Waals surface area contributed by atoms with Crippen molar-refractivity contribution in [2.24, 2.45) is 0 Å². The van der Waals surface area contributed by atoms with Crippen LogP contribution in [-0.4, -0.2) is 11.8 Å². The fourth-order valence-corrected chi connectivity index (χ4v) is 2.40. The van der Waals surface area contributed by atoms with E-state index in [1.807, 2.05) is 0 Å². The molecule has 0 radical (unpaired) electrons. The lowest BCUT2D eigenvalue weighted by molar-refractivity contribution is 0.0946. The molecule has 3 aromatic rings. The minimum Gasteiger partial charge on any atom is -0.467 e. The number of carbonyl (C=O) groups excluding carboxylic acids is 2. The average Bonchev–Trinajstić information content (AvgIpc) is 3.15. The number of halogens is 1. The SMILES string of the molecule is O=C(NCc1ccco1)c1ccc(C(=O)Nc2ccccc2Cl)cc1. The van der Waals surface area contributed by atoms with Crippen LogP contribution in [0.5, 0.6) is 0 Å². The van der Waals surface area contributed by atoms with Gasteiger partial charge in [0.1, 0.15) is 5.76 Å². The molecule has 0 spiro atoms. The highest BCUT2D eigenvalue weighted by Gasteiger charge is 2.10. The molecular weight excluding hydrogens is 340 g/mol. The lowest BCUT2D eigenvalue weighted by Crippen LogP contribution is -2.22. The first-order chi connectivity index (χ1) is 12.1. The van der Waals surface area contributed by atoms with Crippen molar-refractivity contribution >= 4 is 29.1 Å². The maximum Gasteiger partial charge on any atom is 0.255 e. The van der Waals surface area contributed by atoms with Gasteiger partial charge in [0.25, 0.3) is 11.8 Å². The fourth-order valence-electron chi connectivity index (χ4n) is 2.21. The second-order valence-electron chi connectivity index (χ2n) is 5.27.